The summed E-state index contributed by atoms with van der Waals surface area (Å²) in [5.41, 5.74) is 1.09. The molecule has 0 spiro atoms. The van der Waals surface area contributed by atoms with Crippen LogP contribution in [0.1, 0.15) is 32.3 Å². The molecule has 0 radical (unpaired) electrons. The van der Waals surface area contributed by atoms with Gasteiger partial charge in [0.05, 0.1) is 6.61 Å². The Kier molecular flexibility index (Phi) is 8.04. The van der Waals surface area contributed by atoms with E-state index >= 15 is 0 Å². The third-order valence-electron chi connectivity index (χ3n) is 4.61. The lowest BCUT2D eigenvalue weighted by molar-refractivity contribution is -0.137. The Labute approximate surface area is 160 Å². The molecule has 3 atom stereocenters. The summed E-state index contributed by atoms with van der Waals surface area (Å²) in [4.78, 5) is 36.1. The Morgan fingerprint density at radius 3 is 2.70 bits per heavy atom. The lowest BCUT2D eigenvalue weighted by atomic mass is 9.96. The van der Waals surface area contributed by atoms with Crippen LogP contribution >= 0.6 is 0 Å². The zero-order valence-electron chi connectivity index (χ0n) is 15.9. The Balaban J connectivity index is 1.99. The Hall–Kier alpha value is -2.63. The zero-order chi connectivity index (χ0) is 19.6. The van der Waals surface area contributed by atoms with E-state index in [4.69, 9.17) is 4.74 Å². The maximum absolute atomic E-state index is 12.6. The lowest BCUT2D eigenvalue weighted by Gasteiger charge is -2.20. The van der Waals surface area contributed by atoms with E-state index in [1.165, 1.54) is 6.08 Å². The first-order chi connectivity index (χ1) is 13.0. The van der Waals surface area contributed by atoms with Gasteiger partial charge in [-0.3, -0.25) is 9.59 Å². The molecule has 1 aromatic rings. The minimum absolute atomic E-state index is 0.00359. The summed E-state index contributed by atoms with van der Waals surface area (Å²) < 4.78 is 4.90. The largest absolute Gasteiger partial charge is 0.463 e. The van der Waals surface area contributed by atoms with Crippen molar-refractivity contribution >= 4 is 17.8 Å². The van der Waals surface area contributed by atoms with Gasteiger partial charge in [0.1, 0.15) is 0 Å². The number of hydrogen-bond acceptors (Lipinski definition) is 4. The minimum atomic E-state index is -0.454. The summed E-state index contributed by atoms with van der Waals surface area (Å²) >= 11 is 0. The van der Waals surface area contributed by atoms with E-state index < -0.39 is 12.0 Å². The molecule has 2 N–H and O–H groups in total. The van der Waals surface area contributed by atoms with Crippen LogP contribution in [0, 0.1) is 11.8 Å². The van der Waals surface area contributed by atoms with Crippen molar-refractivity contribution in [2.75, 3.05) is 13.2 Å². The van der Waals surface area contributed by atoms with Gasteiger partial charge in [0.2, 0.25) is 11.8 Å². The van der Waals surface area contributed by atoms with Gasteiger partial charge in [-0.1, -0.05) is 43.3 Å². The summed E-state index contributed by atoms with van der Waals surface area (Å²) in [7, 11) is 0. The minimum Gasteiger partial charge on any atom is -0.463 e. The molecule has 6 heteroatoms. The fourth-order valence-electron chi connectivity index (χ4n) is 3.13. The molecule has 0 unspecified atom stereocenters. The van der Waals surface area contributed by atoms with Gasteiger partial charge in [-0.15, -0.1) is 0 Å². The van der Waals surface area contributed by atoms with Crippen LogP contribution in [-0.4, -0.2) is 37.0 Å². The molecule has 2 amide bonds. The molecule has 1 fully saturated rings. The number of nitrogens with one attached hydrogen (secondary N) is 2. The maximum Gasteiger partial charge on any atom is 0.330 e. The van der Waals surface area contributed by atoms with Crippen LogP contribution in [0.4, 0.5) is 0 Å². The molecule has 1 aliphatic rings. The van der Waals surface area contributed by atoms with Crippen molar-refractivity contribution in [1.82, 2.24) is 10.6 Å². The first kappa shape index (κ1) is 20.7. The SMILES string of the molecule is CCOC(=O)C=C[C@H](C[C@@H]1CCNC1=O)NC(=O)[C@@H](C)Cc1ccccc1. The fourth-order valence-corrected chi connectivity index (χ4v) is 3.13. The average Bonchev–Trinajstić information content (AvgIpc) is 3.05. The monoisotopic (exact) mass is 372 g/mol. The second-order valence-corrected chi connectivity index (χ2v) is 6.83. The number of amides is 2. The van der Waals surface area contributed by atoms with Gasteiger partial charge in [0.15, 0.2) is 0 Å². The molecular formula is C21H28N2O4. The van der Waals surface area contributed by atoms with E-state index in [9.17, 15) is 14.4 Å². The first-order valence-electron chi connectivity index (χ1n) is 9.46. The summed E-state index contributed by atoms with van der Waals surface area (Å²) in [6, 6.07) is 9.42. The van der Waals surface area contributed by atoms with Gasteiger partial charge in [-0.2, -0.15) is 0 Å². The van der Waals surface area contributed by atoms with Gasteiger partial charge in [0.25, 0.3) is 0 Å². The van der Waals surface area contributed by atoms with Crippen molar-refractivity contribution in [1.29, 1.82) is 0 Å². The van der Waals surface area contributed by atoms with Crippen LogP contribution < -0.4 is 10.6 Å². The van der Waals surface area contributed by atoms with E-state index in [-0.39, 0.29) is 23.7 Å². The normalized spacial score (nSPS) is 18.7. The predicted molar refractivity (Wildman–Crippen MR) is 103 cm³/mol. The highest BCUT2D eigenvalue weighted by atomic mass is 16.5. The topological polar surface area (TPSA) is 84.5 Å². The molecule has 0 aromatic heterocycles. The van der Waals surface area contributed by atoms with Crippen molar-refractivity contribution in [3.05, 3.63) is 48.0 Å². The Morgan fingerprint density at radius 2 is 2.07 bits per heavy atom. The molecule has 1 saturated heterocycles. The molecule has 1 aliphatic heterocycles. The highest BCUT2D eigenvalue weighted by molar-refractivity contribution is 5.83. The molecule has 0 bridgehead atoms. The van der Waals surface area contributed by atoms with E-state index in [1.54, 1.807) is 13.0 Å². The predicted octanol–water partition coefficient (Wildman–Crippen LogP) is 2.00. The number of rotatable bonds is 9. The number of benzene rings is 1. The van der Waals surface area contributed by atoms with Gasteiger partial charge < -0.3 is 15.4 Å². The van der Waals surface area contributed by atoms with Crippen LogP contribution in [0.2, 0.25) is 0 Å². The number of esters is 1. The van der Waals surface area contributed by atoms with Crippen LogP contribution in [0.25, 0.3) is 0 Å². The zero-order valence-corrected chi connectivity index (χ0v) is 15.9. The highest BCUT2D eigenvalue weighted by Gasteiger charge is 2.27. The smallest absolute Gasteiger partial charge is 0.330 e. The average molecular weight is 372 g/mol. The summed E-state index contributed by atoms with van der Waals surface area (Å²) in [6.07, 6.45) is 4.77. The molecule has 2 rings (SSSR count). The quantitative estimate of drug-likeness (QED) is 0.513. The molecular weight excluding hydrogens is 344 g/mol. The van der Waals surface area contributed by atoms with Crippen molar-refractivity contribution in [2.24, 2.45) is 11.8 Å². The van der Waals surface area contributed by atoms with Crippen molar-refractivity contribution < 1.29 is 19.1 Å². The van der Waals surface area contributed by atoms with Crippen molar-refractivity contribution in [3.8, 4) is 0 Å². The Morgan fingerprint density at radius 1 is 1.33 bits per heavy atom. The second kappa shape index (κ2) is 10.5. The van der Waals surface area contributed by atoms with E-state index in [0.717, 1.165) is 12.0 Å². The van der Waals surface area contributed by atoms with E-state index in [1.807, 2.05) is 37.3 Å². The van der Waals surface area contributed by atoms with Gasteiger partial charge in [-0.05, 0) is 31.7 Å². The molecule has 1 aromatic carbocycles. The summed E-state index contributed by atoms with van der Waals surface area (Å²) in [6.45, 7) is 4.55. The first-order valence-corrected chi connectivity index (χ1v) is 9.46. The number of hydrogen-bond donors (Lipinski definition) is 2. The molecule has 1 heterocycles. The standard InChI is InChI=1S/C21H28N2O4/c1-3-27-19(24)10-9-18(14-17-11-12-22-21(17)26)23-20(25)15(2)13-16-7-5-4-6-8-16/h4-10,15,17-18H,3,11-14H2,1-2H3,(H,22,26)(H,23,25)/t15-,17-,18+/m0/s1. The number of carbonyl (C=O) groups excluding carboxylic acids is 3. The number of ether oxygens (including phenoxy) is 1. The van der Waals surface area contributed by atoms with Gasteiger partial charge in [0, 0.05) is 30.5 Å². The molecule has 146 valence electrons. The van der Waals surface area contributed by atoms with Gasteiger partial charge in [-0.25, -0.2) is 4.79 Å². The van der Waals surface area contributed by atoms with Crippen molar-refractivity contribution in [3.63, 3.8) is 0 Å². The summed E-state index contributed by atoms with van der Waals surface area (Å²) in [5.74, 6) is -0.938. The molecule has 27 heavy (non-hydrogen) atoms. The molecule has 6 nitrogen and oxygen atoms in total. The lowest BCUT2D eigenvalue weighted by Crippen LogP contribution is -2.39. The third kappa shape index (κ3) is 6.89. The second-order valence-electron chi connectivity index (χ2n) is 6.83. The molecule has 0 aliphatic carbocycles. The fraction of sp³-hybridized carbons (Fsp3) is 0.476. The van der Waals surface area contributed by atoms with E-state index in [2.05, 4.69) is 10.6 Å². The van der Waals surface area contributed by atoms with Crippen LogP contribution in [0.5, 0.6) is 0 Å². The summed E-state index contributed by atoms with van der Waals surface area (Å²) in [5, 5.41) is 5.77. The molecule has 0 saturated carbocycles. The maximum atomic E-state index is 12.6. The highest BCUT2D eigenvalue weighted by Crippen LogP contribution is 2.17. The van der Waals surface area contributed by atoms with Crippen molar-refractivity contribution in [2.45, 2.75) is 39.2 Å². The van der Waals surface area contributed by atoms with E-state index in [0.29, 0.717) is 26.0 Å². The Bertz CT molecular complexity index is 672. The van der Waals surface area contributed by atoms with Crippen LogP contribution in [0.15, 0.2) is 42.5 Å². The van der Waals surface area contributed by atoms with Crippen LogP contribution in [0.3, 0.4) is 0 Å². The third-order valence-corrected chi connectivity index (χ3v) is 4.61. The number of carbonyl (C=O) groups is 3. The van der Waals surface area contributed by atoms with Crippen LogP contribution in [-0.2, 0) is 25.5 Å². The van der Waals surface area contributed by atoms with Gasteiger partial charge >= 0.3 is 5.97 Å².